The van der Waals surface area contributed by atoms with Crippen LogP contribution in [0.5, 0.6) is 0 Å². The van der Waals surface area contributed by atoms with E-state index in [-0.39, 0.29) is 0 Å². The molecule has 0 bridgehead atoms. The van der Waals surface area contributed by atoms with E-state index < -0.39 is 0 Å². The summed E-state index contributed by atoms with van der Waals surface area (Å²) in [7, 11) is 0. The van der Waals surface area contributed by atoms with E-state index in [4.69, 9.17) is 0 Å². The molecule has 2 aliphatic rings. The summed E-state index contributed by atoms with van der Waals surface area (Å²) in [6.07, 6.45) is 8.22. The quantitative estimate of drug-likeness (QED) is 0.810. The number of hydrogen-bond acceptors (Lipinski definition) is 2. The first-order valence-electron chi connectivity index (χ1n) is 6.23. The molecule has 1 unspecified atom stereocenters. The lowest BCUT2D eigenvalue weighted by Gasteiger charge is -2.08. The molecular weight excluding hydrogens is 202 g/mol. The zero-order chi connectivity index (χ0) is 10.1. The summed E-state index contributed by atoms with van der Waals surface area (Å²) in [6.45, 7) is 2.47. The monoisotopic (exact) mass is 221 g/mol. The number of fused-ring (bicyclic) bond motifs is 1. The Morgan fingerprint density at radius 3 is 3.07 bits per heavy atom. The summed E-state index contributed by atoms with van der Waals surface area (Å²) in [6, 6.07) is 2.50. The first-order chi connectivity index (χ1) is 7.42. The van der Waals surface area contributed by atoms with E-state index in [1.807, 2.05) is 0 Å². The van der Waals surface area contributed by atoms with E-state index in [0.717, 1.165) is 5.92 Å². The Morgan fingerprint density at radius 2 is 2.27 bits per heavy atom. The molecule has 2 heterocycles. The van der Waals surface area contributed by atoms with Crippen LogP contribution in [-0.4, -0.2) is 13.1 Å². The minimum absolute atomic E-state index is 0.908. The third kappa shape index (κ3) is 2.11. The molecule has 0 saturated carbocycles. The van der Waals surface area contributed by atoms with E-state index >= 15 is 0 Å². The molecule has 0 aromatic carbocycles. The normalized spacial score (nSPS) is 25.5. The van der Waals surface area contributed by atoms with Crippen LogP contribution in [0.4, 0.5) is 0 Å². The minimum atomic E-state index is 0.908. The zero-order valence-electron chi connectivity index (χ0n) is 9.22. The smallest absolute Gasteiger partial charge is 0.00801 e. The standard InChI is InChI=1S/C13H19NS/c1-2-4-13-11(3-1)8-12(15-13)7-10-5-6-14-9-10/h8,10,14H,1-7,9H2. The van der Waals surface area contributed by atoms with E-state index in [1.165, 1.54) is 51.6 Å². The maximum Gasteiger partial charge on any atom is 0.00801 e. The molecular formula is C13H19NS. The van der Waals surface area contributed by atoms with E-state index in [0.29, 0.717) is 0 Å². The number of thiophene rings is 1. The lowest BCUT2D eigenvalue weighted by Crippen LogP contribution is -2.10. The first kappa shape index (κ1) is 9.86. The number of nitrogens with one attached hydrogen (secondary N) is 1. The maximum atomic E-state index is 3.46. The fraction of sp³-hybridized carbons (Fsp3) is 0.692. The van der Waals surface area contributed by atoms with Crippen LogP contribution < -0.4 is 5.32 Å². The molecule has 1 aliphatic carbocycles. The van der Waals surface area contributed by atoms with Crippen molar-refractivity contribution in [3.8, 4) is 0 Å². The van der Waals surface area contributed by atoms with Crippen LogP contribution in [-0.2, 0) is 19.3 Å². The fourth-order valence-corrected chi connectivity index (χ4v) is 4.20. The molecule has 1 saturated heterocycles. The Labute approximate surface area is 95.9 Å². The predicted octanol–water partition coefficient (Wildman–Crippen LogP) is 2.78. The molecule has 15 heavy (non-hydrogen) atoms. The third-order valence-electron chi connectivity index (χ3n) is 3.70. The van der Waals surface area contributed by atoms with Gasteiger partial charge in [-0.05, 0) is 69.2 Å². The van der Waals surface area contributed by atoms with Gasteiger partial charge in [-0.1, -0.05) is 0 Å². The lowest BCUT2D eigenvalue weighted by atomic mass is 9.98. The summed E-state index contributed by atoms with van der Waals surface area (Å²) < 4.78 is 0. The summed E-state index contributed by atoms with van der Waals surface area (Å²) in [5.74, 6) is 0.908. The Balaban J connectivity index is 1.72. The van der Waals surface area contributed by atoms with Gasteiger partial charge in [-0.2, -0.15) is 0 Å². The van der Waals surface area contributed by atoms with Crippen LogP contribution >= 0.6 is 11.3 Å². The van der Waals surface area contributed by atoms with E-state index in [9.17, 15) is 0 Å². The van der Waals surface area contributed by atoms with E-state index in [2.05, 4.69) is 22.7 Å². The highest BCUT2D eigenvalue weighted by Gasteiger charge is 2.18. The van der Waals surface area contributed by atoms with Gasteiger partial charge in [0.15, 0.2) is 0 Å². The Morgan fingerprint density at radius 1 is 1.33 bits per heavy atom. The number of hydrogen-bond donors (Lipinski definition) is 1. The van der Waals surface area contributed by atoms with Crippen molar-refractivity contribution in [1.82, 2.24) is 5.32 Å². The largest absolute Gasteiger partial charge is 0.316 e. The highest BCUT2D eigenvalue weighted by molar-refractivity contribution is 7.12. The Hall–Kier alpha value is -0.340. The van der Waals surface area contributed by atoms with Crippen molar-refractivity contribution in [3.63, 3.8) is 0 Å². The molecule has 1 aromatic rings. The van der Waals surface area contributed by atoms with Gasteiger partial charge in [0.2, 0.25) is 0 Å². The summed E-state index contributed by atoms with van der Waals surface area (Å²) in [4.78, 5) is 3.35. The maximum absolute atomic E-state index is 3.46. The molecule has 1 nitrogen and oxygen atoms in total. The molecule has 1 N–H and O–H groups in total. The van der Waals surface area contributed by atoms with Gasteiger partial charge in [0.1, 0.15) is 0 Å². The van der Waals surface area contributed by atoms with Crippen molar-refractivity contribution in [3.05, 3.63) is 21.4 Å². The average Bonchev–Trinajstić information content (AvgIpc) is 2.86. The molecule has 0 radical (unpaired) electrons. The van der Waals surface area contributed by atoms with Crippen molar-refractivity contribution in [1.29, 1.82) is 0 Å². The van der Waals surface area contributed by atoms with Gasteiger partial charge < -0.3 is 5.32 Å². The number of aryl methyl sites for hydroxylation is 2. The summed E-state index contributed by atoms with van der Waals surface area (Å²) in [5.41, 5.74) is 1.67. The molecule has 2 heteroatoms. The van der Waals surface area contributed by atoms with Gasteiger partial charge in [0.25, 0.3) is 0 Å². The van der Waals surface area contributed by atoms with Crippen LogP contribution in [0.25, 0.3) is 0 Å². The molecule has 1 fully saturated rings. The Bertz CT molecular complexity index is 313. The molecule has 1 aromatic heterocycles. The van der Waals surface area contributed by atoms with Gasteiger partial charge in [-0.25, -0.2) is 0 Å². The molecule has 0 spiro atoms. The molecule has 1 atom stereocenters. The van der Waals surface area contributed by atoms with E-state index in [1.54, 1.807) is 15.3 Å². The summed E-state index contributed by atoms with van der Waals surface area (Å²) >= 11 is 2.09. The highest BCUT2D eigenvalue weighted by Crippen LogP contribution is 2.31. The van der Waals surface area contributed by atoms with Gasteiger partial charge in [0.05, 0.1) is 0 Å². The second-order valence-electron chi connectivity index (χ2n) is 4.93. The van der Waals surface area contributed by atoms with Gasteiger partial charge in [0, 0.05) is 9.75 Å². The highest BCUT2D eigenvalue weighted by atomic mass is 32.1. The number of rotatable bonds is 2. The van der Waals surface area contributed by atoms with Crippen LogP contribution in [0.15, 0.2) is 6.07 Å². The molecule has 0 amide bonds. The zero-order valence-corrected chi connectivity index (χ0v) is 10.0. The topological polar surface area (TPSA) is 12.0 Å². The van der Waals surface area contributed by atoms with Gasteiger partial charge >= 0.3 is 0 Å². The van der Waals surface area contributed by atoms with Crippen molar-refractivity contribution < 1.29 is 0 Å². The molecule has 3 rings (SSSR count). The van der Waals surface area contributed by atoms with Crippen molar-refractivity contribution in [2.24, 2.45) is 5.92 Å². The third-order valence-corrected chi connectivity index (χ3v) is 4.96. The second kappa shape index (κ2) is 4.26. The van der Waals surface area contributed by atoms with Crippen LogP contribution in [0.1, 0.15) is 34.6 Å². The molecule has 1 aliphatic heterocycles. The predicted molar refractivity (Wildman–Crippen MR) is 65.6 cm³/mol. The van der Waals surface area contributed by atoms with Crippen LogP contribution in [0.3, 0.4) is 0 Å². The van der Waals surface area contributed by atoms with Gasteiger partial charge in [-0.3, -0.25) is 0 Å². The van der Waals surface area contributed by atoms with Crippen molar-refractivity contribution in [2.45, 2.75) is 38.5 Å². The summed E-state index contributed by atoms with van der Waals surface area (Å²) in [5, 5.41) is 3.46. The second-order valence-corrected chi connectivity index (χ2v) is 6.15. The minimum Gasteiger partial charge on any atom is -0.316 e. The first-order valence-corrected chi connectivity index (χ1v) is 7.04. The van der Waals surface area contributed by atoms with Crippen LogP contribution in [0.2, 0.25) is 0 Å². The average molecular weight is 221 g/mol. The Kier molecular flexibility index (Phi) is 2.80. The molecule has 82 valence electrons. The fourth-order valence-electron chi connectivity index (χ4n) is 2.83. The lowest BCUT2D eigenvalue weighted by molar-refractivity contribution is 0.585. The van der Waals surface area contributed by atoms with Gasteiger partial charge in [-0.15, -0.1) is 11.3 Å². The van der Waals surface area contributed by atoms with Crippen molar-refractivity contribution >= 4 is 11.3 Å². The van der Waals surface area contributed by atoms with Crippen molar-refractivity contribution in [2.75, 3.05) is 13.1 Å². The SMILES string of the molecule is c1c(CC2CCNC2)sc2c1CCCC2. The van der Waals surface area contributed by atoms with Crippen LogP contribution in [0, 0.1) is 5.92 Å².